The van der Waals surface area contributed by atoms with Crippen LogP contribution >= 0.6 is 0 Å². The average Bonchev–Trinajstić information content (AvgIpc) is 3.10. The number of pyridine rings is 1. The zero-order valence-corrected chi connectivity index (χ0v) is 13.8. The van der Waals surface area contributed by atoms with Gasteiger partial charge in [-0.3, -0.25) is 10.2 Å². The van der Waals surface area contributed by atoms with Gasteiger partial charge in [0.1, 0.15) is 5.82 Å². The molecule has 2 aliphatic rings. The Kier molecular flexibility index (Phi) is 5.33. The van der Waals surface area contributed by atoms with Crippen molar-refractivity contribution in [2.75, 3.05) is 43.0 Å². The third-order valence-electron chi connectivity index (χ3n) is 4.75. The standard InChI is InChI=1S/C17H26N4O2/c1-2-23-17(22)19-14-7-8-16(18-13-14)21-11-9-20(10-12-21)15-5-3-4-6-15/h7-8,13,15H,2-6,9-12H2,1H3,(H,19,22). The fraction of sp³-hybridized carbons (Fsp3) is 0.647. The monoisotopic (exact) mass is 318 g/mol. The van der Waals surface area contributed by atoms with Crippen LogP contribution in [0.3, 0.4) is 0 Å². The summed E-state index contributed by atoms with van der Waals surface area (Å²) >= 11 is 0. The predicted octanol–water partition coefficient (Wildman–Crippen LogP) is 2.71. The van der Waals surface area contributed by atoms with Crippen LogP contribution in [0.25, 0.3) is 0 Å². The average molecular weight is 318 g/mol. The molecule has 3 rings (SSSR count). The number of amides is 1. The van der Waals surface area contributed by atoms with Gasteiger partial charge in [-0.1, -0.05) is 12.8 Å². The second-order valence-corrected chi connectivity index (χ2v) is 6.21. The zero-order chi connectivity index (χ0) is 16.1. The lowest BCUT2D eigenvalue weighted by molar-refractivity contribution is 0.168. The highest BCUT2D eigenvalue weighted by Crippen LogP contribution is 2.25. The highest BCUT2D eigenvalue weighted by atomic mass is 16.5. The van der Waals surface area contributed by atoms with Crippen molar-refractivity contribution in [2.45, 2.75) is 38.6 Å². The minimum atomic E-state index is -0.438. The lowest BCUT2D eigenvalue weighted by Crippen LogP contribution is -2.49. The molecule has 126 valence electrons. The molecule has 0 unspecified atom stereocenters. The van der Waals surface area contributed by atoms with Crippen molar-refractivity contribution in [2.24, 2.45) is 0 Å². The largest absolute Gasteiger partial charge is 0.450 e. The van der Waals surface area contributed by atoms with E-state index in [1.807, 2.05) is 12.1 Å². The molecule has 6 nitrogen and oxygen atoms in total. The van der Waals surface area contributed by atoms with Gasteiger partial charge in [0, 0.05) is 32.2 Å². The van der Waals surface area contributed by atoms with Crippen molar-refractivity contribution in [1.29, 1.82) is 0 Å². The Bertz CT molecular complexity index is 506. The van der Waals surface area contributed by atoms with E-state index in [1.165, 1.54) is 25.7 Å². The molecular weight excluding hydrogens is 292 g/mol. The van der Waals surface area contributed by atoms with Crippen molar-refractivity contribution >= 4 is 17.6 Å². The number of rotatable bonds is 4. The first-order chi connectivity index (χ1) is 11.3. The first-order valence-electron chi connectivity index (χ1n) is 8.65. The second kappa shape index (κ2) is 7.64. The quantitative estimate of drug-likeness (QED) is 0.925. The van der Waals surface area contributed by atoms with E-state index < -0.39 is 6.09 Å². The van der Waals surface area contributed by atoms with Crippen LogP contribution in [0.2, 0.25) is 0 Å². The maximum absolute atomic E-state index is 11.4. The van der Waals surface area contributed by atoms with Crippen LogP contribution in [0.5, 0.6) is 0 Å². The number of piperazine rings is 1. The van der Waals surface area contributed by atoms with E-state index in [0.717, 1.165) is 38.0 Å². The van der Waals surface area contributed by atoms with Gasteiger partial charge in [0.15, 0.2) is 0 Å². The Morgan fingerprint density at radius 1 is 1.26 bits per heavy atom. The second-order valence-electron chi connectivity index (χ2n) is 6.21. The molecule has 1 aliphatic heterocycles. The maximum Gasteiger partial charge on any atom is 0.411 e. The van der Waals surface area contributed by atoms with Crippen molar-refractivity contribution in [1.82, 2.24) is 9.88 Å². The fourth-order valence-electron chi connectivity index (χ4n) is 3.52. The summed E-state index contributed by atoms with van der Waals surface area (Å²) in [5.74, 6) is 0.977. The van der Waals surface area contributed by atoms with E-state index in [9.17, 15) is 4.79 Å². The number of hydrogen-bond donors (Lipinski definition) is 1. The maximum atomic E-state index is 11.4. The summed E-state index contributed by atoms with van der Waals surface area (Å²) in [7, 11) is 0. The van der Waals surface area contributed by atoms with Gasteiger partial charge in [0.05, 0.1) is 18.5 Å². The Labute approximate surface area is 137 Å². The van der Waals surface area contributed by atoms with Crippen LogP contribution < -0.4 is 10.2 Å². The summed E-state index contributed by atoms with van der Waals surface area (Å²) in [5.41, 5.74) is 0.664. The summed E-state index contributed by atoms with van der Waals surface area (Å²) in [6.07, 6.45) is 6.77. The van der Waals surface area contributed by atoms with Gasteiger partial charge in [-0.2, -0.15) is 0 Å². The molecule has 23 heavy (non-hydrogen) atoms. The Morgan fingerprint density at radius 3 is 2.61 bits per heavy atom. The first kappa shape index (κ1) is 16.1. The lowest BCUT2D eigenvalue weighted by Gasteiger charge is -2.38. The van der Waals surface area contributed by atoms with Crippen LogP contribution in [0.4, 0.5) is 16.3 Å². The van der Waals surface area contributed by atoms with E-state index in [4.69, 9.17) is 4.74 Å². The Morgan fingerprint density at radius 2 is 2.00 bits per heavy atom. The number of ether oxygens (including phenoxy) is 1. The minimum absolute atomic E-state index is 0.364. The predicted molar refractivity (Wildman–Crippen MR) is 90.9 cm³/mol. The Balaban J connectivity index is 1.51. The molecule has 0 atom stereocenters. The molecule has 0 spiro atoms. The van der Waals surface area contributed by atoms with Crippen LogP contribution in [0, 0.1) is 0 Å². The third kappa shape index (κ3) is 4.13. The topological polar surface area (TPSA) is 57.7 Å². The Hall–Kier alpha value is -1.82. The van der Waals surface area contributed by atoms with Gasteiger partial charge in [-0.05, 0) is 31.9 Å². The molecular formula is C17H26N4O2. The lowest BCUT2D eigenvalue weighted by atomic mass is 10.2. The molecule has 6 heteroatoms. The SMILES string of the molecule is CCOC(=O)Nc1ccc(N2CCN(C3CCCC3)CC2)nc1. The van der Waals surface area contributed by atoms with Crippen LogP contribution in [0.15, 0.2) is 18.3 Å². The summed E-state index contributed by atoms with van der Waals surface area (Å²) < 4.78 is 4.86. The molecule has 1 aromatic heterocycles. The minimum Gasteiger partial charge on any atom is -0.450 e. The molecule has 0 bridgehead atoms. The van der Waals surface area contributed by atoms with Crippen LogP contribution in [0.1, 0.15) is 32.6 Å². The van der Waals surface area contributed by atoms with Gasteiger partial charge < -0.3 is 9.64 Å². The summed E-state index contributed by atoms with van der Waals surface area (Å²) in [6, 6.07) is 4.65. The fourth-order valence-corrected chi connectivity index (χ4v) is 3.52. The van der Waals surface area contributed by atoms with E-state index in [-0.39, 0.29) is 0 Å². The van der Waals surface area contributed by atoms with Crippen molar-refractivity contribution in [3.63, 3.8) is 0 Å². The number of aromatic nitrogens is 1. The number of nitrogens with zero attached hydrogens (tertiary/aromatic N) is 3. The van der Waals surface area contributed by atoms with E-state index >= 15 is 0 Å². The third-order valence-corrected chi connectivity index (χ3v) is 4.75. The highest BCUT2D eigenvalue weighted by molar-refractivity contribution is 5.84. The molecule has 1 saturated heterocycles. The summed E-state index contributed by atoms with van der Waals surface area (Å²) in [4.78, 5) is 20.8. The highest BCUT2D eigenvalue weighted by Gasteiger charge is 2.26. The van der Waals surface area contributed by atoms with E-state index in [2.05, 4.69) is 20.1 Å². The normalized spacial score (nSPS) is 19.8. The van der Waals surface area contributed by atoms with E-state index in [0.29, 0.717) is 12.3 Å². The van der Waals surface area contributed by atoms with Crippen molar-refractivity contribution < 1.29 is 9.53 Å². The molecule has 2 fully saturated rings. The molecule has 1 N–H and O–H groups in total. The summed E-state index contributed by atoms with van der Waals surface area (Å²) in [6.45, 7) is 6.43. The number of carbonyl (C=O) groups is 1. The van der Waals surface area contributed by atoms with Crippen molar-refractivity contribution in [3.8, 4) is 0 Å². The van der Waals surface area contributed by atoms with E-state index in [1.54, 1.807) is 13.1 Å². The zero-order valence-electron chi connectivity index (χ0n) is 13.8. The first-order valence-corrected chi connectivity index (χ1v) is 8.65. The molecule has 0 aromatic carbocycles. The molecule has 2 heterocycles. The number of carbonyl (C=O) groups excluding carboxylic acids is 1. The smallest absolute Gasteiger partial charge is 0.411 e. The molecule has 1 amide bonds. The molecule has 1 aliphatic carbocycles. The van der Waals surface area contributed by atoms with Crippen molar-refractivity contribution in [3.05, 3.63) is 18.3 Å². The molecule has 0 radical (unpaired) electrons. The summed E-state index contributed by atoms with van der Waals surface area (Å²) in [5, 5.41) is 2.67. The van der Waals surface area contributed by atoms with Crippen LogP contribution in [-0.4, -0.2) is 54.8 Å². The van der Waals surface area contributed by atoms with Gasteiger partial charge in [0.2, 0.25) is 0 Å². The van der Waals surface area contributed by atoms with Crippen LogP contribution in [-0.2, 0) is 4.74 Å². The number of hydrogen-bond acceptors (Lipinski definition) is 5. The van der Waals surface area contributed by atoms with Gasteiger partial charge in [-0.15, -0.1) is 0 Å². The van der Waals surface area contributed by atoms with Gasteiger partial charge in [-0.25, -0.2) is 9.78 Å². The number of nitrogens with one attached hydrogen (secondary N) is 1. The molecule has 1 aromatic rings. The number of anilines is 2. The molecule has 1 saturated carbocycles. The van der Waals surface area contributed by atoms with Gasteiger partial charge >= 0.3 is 6.09 Å². The van der Waals surface area contributed by atoms with Gasteiger partial charge in [0.25, 0.3) is 0 Å².